The fourth-order valence-electron chi connectivity index (χ4n) is 2.27. The highest BCUT2D eigenvalue weighted by Crippen LogP contribution is 2.40. The van der Waals surface area contributed by atoms with Crippen molar-refractivity contribution in [1.82, 2.24) is 5.32 Å². The Morgan fingerprint density at radius 1 is 1.00 bits per heavy atom. The lowest BCUT2D eigenvalue weighted by Gasteiger charge is -2.13. The molecule has 0 radical (unpaired) electrons. The zero-order chi connectivity index (χ0) is 18.2. The number of amides is 1. The van der Waals surface area contributed by atoms with Gasteiger partial charge in [0.1, 0.15) is 0 Å². The Hall–Kier alpha value is -2.66. The number of hydrogen-bond donors (Lipinski definition) is 1. The molecule has 0 atom stereocenters. The first-order valence-electron chi connectivity index (χ1n) is 7.58. The molecule has 5 nitrogen and oxygen atoms in total. The molecule has 0 bridgehead atoms. The third-order valence-corrected chi connectivity index (χ3v) is 3.78. The Kier molecular flexibility index (Phi) is 6.71. The minimum atomic E-state index is -0.216. The van der Waals surface area contributed by atoms with Gasteiger partial charge in [-0.1, -0.05) is 23.7 Å². The van der Waals surface area contributed by atoms with E-state index in [0.717, 1.165) is 5.56 Å². The van der Waals surface area contributed by atoms with Crippen molar-refractivity contribution < 1.29 is 19.0 Å². The van der Waals surface area contributed by atoms with E-state index in [0.29, 0.717) is 34.4 Å². The summed E-state index contributed by atoms with van der Waals surface area (Å²) in [5.41, 5.74) is 1.68. The summed E-state index contributed by atoms with van der Waals surface area (Å²) in [7, 11) is 4.62. The molecule has 25 heavy (non-hydrogen) atoms. The molecule has 0 saturated carbocycles. The number of benzene rings is 2. The van der Waals surface area contributed by atoms with Crippen LogP contribution in [-0.2, 0) is 11.3 Å². The lowest BCUT2D eigenvalue weighted by atomic mass is 10.1. The minimum Gasteiger partial charge on any atom is -0.493 e. The maximum absolute atomic E-state index is 12.0. The van der Waals surface area contributed by atoms with E-state index in [-0.39, 0.29) is 5.91 Å². The van der Waals surface area contributed by atoms with Gasteiger partial charge in [0.15, 0.2) is 11.5 Å². The van der Waals surface area contributed by atoms with Crippen LogP contribution >= 0.6 is 11.6 Å². The number of carbonyl (C=O) groups is 1. The molecule has 0 unspecified atom stereocenters. The summed E-state index contributed by atoms with van der Waals surface area (Å²) in [6.07, 6.45) is 3.11. The number of hydrogen-bond acceptors (Lipinski definition) is 4. The van der Waals surface area contributed by atoms with Crippen LogP contribution < -0.4 is 19.5 Å². The third-order valence-electron chi connectivity index (χ3n) is 3.53. The SMILES string of the molecule is COc1ccc(/C=C\C(=O)NCc2ccc(Cl)cc2)c(OC)c1OC. The van der Waals surface area contributed by atoms with Gasteiger partial charge in [0.05, 0.1) is 21.3 Å². The molecule has 1 amide bonds. The van der Waals surface area contributed by atoms with Gasteiger partial charge in [-0.05, 0) is 35.9 Å². The van der Waals surface area contributed by atoms with E-state index in [1.807, 2.05) is 12.1 Å². The van der Waals surface area contributed by atoms with E-state index in [1.165, 1.54) is 20.3 Å². The van der Waals surface area contributed by atoms with Gasteiger partial charge in [0, 0.05) is 23.2 Å². The lowest BCUT2D eigenvalue weighted by molar-refractivity contribution is -0.116. The number of ether oxygens (including phenoxy) is 3. The van der Waals surface area contributed by atoms with E-state index in [2.05, 4.69) is 5.32 Å². The number of carbonyl (C=O) groups excluding carboxylic acids is 1. The second-order valence-electron chi connectivity index (χ2n) is 5.10. The fourth-order valence-corrected chi connectivity index (χ4v) is 2.40. The van der Waals surface area contributed by atoms with Gasteiger partial charge >= 0.3 is 0 Å². The average Bonchev–Trinajstić information content (AvgIpc) is 2.64. The zero-order valence-corrected chi connectivity index (χ0v) is 15.1. The molecule has 0 heterocycles. The topological polar surface area (TPSA) is 56.8 Å². The van der Waals surface area contributed by atoms with Crippen molar-refractivity contribution in [2.45, 2.75) is 6.54 Å². The van der Waals surface area contributed by atoms with Crippen LogP contribution in [0.4, 0.5) is 0 Å². The van der Waals surface area contributed by atoms with Gasteiger partial charge < -0.3 is 19.5 Å². The second-order valence-corrected chi connectivity index (χ2v) is 5.54. The molecule has 0 aliphatic carbocycles. The monoisotopic (exact) mass is 361 g/mol. The summed E-state index contributed by atoms with van der Waals surface area (Å²) in [5.74, 6) is 1.33. The summed E-state index contributed by atoms with van der Waals surface area (Å²) in [6, 6.07) is 10.9. The minimum absolute atomic E-state index is 0.216. The summed E-state index contributed by atoms with van der Waals surface area (Å²) >= 11 is 5.84. The fraction of sp³-hybridized carbons (Fsp3) is 0.211. The average molecular weight is 362 g/mol. The molecule has 2 rings (SSSR count). The van der Waals surface area contributed by atoms with Crippen molar-refractivity contribution in [3.8, 4) is 17.2 Å². The zero-order valence-electron chi connectivity index (χ0n) is 14.3. The highest BCUT2D eigenvalue weighted by Gasteiger charge is 2.14. The van der Waals surface area contributed by atoms with Crippen LogP contribution in [0.15, 0.2) is 42.5 Å². The molecule has 0 fully saturated rings. The molecule has 0 spiro atoms. The van der Waals surface area contributed by atoms with E-state index >= 15 is 0 Å². The quantitative estimate of drug-likeness (QED) is 0.764. The molecular formula is C19H20ClNO4. The first-order valence-corrected chi connectivity index (χ1v) is 7.96. The molecule has 1 N–H and O–H groups in total. The Morgan fingerprint density at radius 2 is 1.68 bits per heavy atom. The highest BCUT2D eigenvalue weighted by molar-refractivity contribution is 6.30. The van der Waals surface area contributed by atoms with E-state index < -0.39 is 0 Å². The summed E-state index contributed by atoms with van der Waals surface area (Å²) in [6.45, 7) is 0.420. The molecule has 2 aromatic carbocycles. The molecule has 0 saturated heterocycles. The first kappa shape index (κ1) is 18.7. The smallest absolute Gasteiger partial charge is 0.244 e. The van der Waals surface area contributed by atoms with Crippen LogP contribution in [-0.4, -0.2) is 27.2 Å². The number of rotatable bonds is 7. The Morgan fingerprint density at radius 3 is 2.28 bits per heavy atom. The van der Waals surface area contributed by atoms with Crippen molar-refractivity contribution in [3.63, 3.8) is 0 Å². The molecular weight excluding hydrogens is 342 g/mol. The van der Waals surface area contributed by atoms with Crippen molar-refractivity contribution in [2.75, 3.05) is 21.3 Å². The van der Waals surface area contributed by atoms with Crippen molar-refractivity contribution >= 4 is 23.6 Å². The van der Waals surface area contributed by atoms with Crippen molar-refractivity contribution in [1.29, 1.82) is 0 Å². The maximum atomic E-state index is 12.0. The highest BCUT2D eigenvalue weighted by atomic mass is 35.5. The Labute approximate surface area is 152 Å². The molecule has 6 heteroatoms. The largest absolute Gasteiger partial charge is 0.493 e. The molecule has 0 aliphatic rings. The van der Waals surface area contributed by atoms with Crippen LogP contribution in [0.25, 0.3) is 6.08 Å². The van der Waals surface area contributed by atoms with Crippen molar-refractivity contribution in [3.05, 3.63) is 58.6 Å². The van der Waals surface area contributed by atoms with Gasteiger partial charge in [-0.2, -0.15) is 0 Å². The summed E-state index contributed by atoms with van der Waals surface area (Å²) < 4.78 is 15.9. The maximum Gasteiger partial charge on any atom is 0.244 e. The number of methoxy groups -OCH3 is 3. The third kappa shape index (κ3) is 4.90. The van der Waals surface area contributed by atoms with Crippen LogP contribution in [0.2, 0.25) is 5.02 Å². The van der Waals surface area contributed by atoms with Crippen LogP contribution in [0.5, 0.6) is 17.2 Å². The van der Waals surface area contributed by atoms with Crippen LogP contribution in [0.3, 0.4) is 0 Å². The number of nitrogens with one attached hydrogen (secondary N) is 1. The van der Waals surface area contributed by atoms with E-state index in [4.69, 9.17) is 25.8 Å². The molecule has 132 valence electrons. The predicted octanol–water partition coefficient (Wildman–Crippen LogP) is 3.70. The molecule has 0 aromatic heterocycles. The van der Waals surface area contributed by atoms with Crippen LogP contribution in [0, 0.1) is 0 Å². The predicted molar refractivity (Wildman–Crippen MR) is 98.4 cm³/mol. The Balaban J connectivity index is 2.07. The summed E-state index contributed by atoms with van der Waals surface area (Å²) in [5, 5.41) is 3.47. The second kappa shape index (κ2) is 8.99. The molecule has 2 aromatic rings. The molecule has 0 aliphatic heterocycles. The first-order chi connectivity index (χ1) is 12.1. The van der Waals surface area contributed by atoms with E-state index in [9.17, 15) is 4.79 Å². The van der Waals surface area contributed by atoms with Gasteiger partial charge in [0.25, 0.3) is 0 Å². The standard InChI is InChI=1S/C19H20ClNO4/c1-23-16-10-6-14(18(24-2)19(16)25-3)7-11-17(22)21-12-13-4-8-15(20)9-5-13/h4-11H,12H2,1-3H3,(H,21,22)/b11-7-. The van der Waals surface area contributed by atoms with Gasteiger partial charge in [0.2, 0.25) is 11.7 Å². The van der Waals surface area contributed by atoms with Gasteiger partial charge in [-0.3, -0.25) is 4.79 Å². The van der Waals surface area contributed by atoms with Gasteiger partial charge in [-0.25, -0.2) is 0 Å². The Bertz CT molecular complexity index is 757. The normalized spacial score (nSPS) is 10.6. The summed E-state index contributed by atoms with van der Waals surface area (Å²) in [4.78, 5) is 12.0. The van der Waals surface area contributed by atoms with Gasteiger partial charge in [-0.15, -0.1) is 0 Å². The van der Waals surface area contributed by atoms with E-state index in [1.54, 1.807) is 37.5 Å². The van der Waals surface area contributed by atoms with Crippen LogP contribution in [0.1, 0.15) is 11.1 Å². The van der Waals surface area contributed by atoms with Crippen molar-refractivity contribution in [2.24, 2.45) is 0 Å². The number of halogens is 1. The lowest BCUT2D eigenvalue weighted by Crippen LogP contribution is -2.20.